The summed E-state index contributed by atoms with van der Waals surface area (Å²) in [5, 5.41) is 18.5. The summed E-state index contributed by atoms with van der Waals surface area (Å²) in [6.07, 6.45) is 5.88. The van der Waals surface area contributed by atoms with Crippen LogP contribution in [0.2, 0.25) is 0 Å². The van der Waals surface area contributed by atoms with Gasteiger partial charge in [0.2, 0.25) is 5.91 Å². The predicted octanol–water partition coefficient (Wildman–Crippen LogP) is 4.60. The van der Waals surface area contributed by atoms with Crippen LogP contribution in [0.25, 0.3) is 10.9 Å². The van der Waals surface area contributed by atoms with Crippen LogP contribution in [0.4, 0.5) is 11.5 Å². The van der Waals surface area contributed by atoms with Gasteiger partial charge in [0.15, 0.2) is 0 Å². The average Bonchev–Trinajstić information content (AvgIpc) is 3.57. The summed E-state index contributed by atoms with van der Waals surface area (Å²) in [5.41, 5.74) is 4.67. The Morgan fingerprint density at radius 2 is 2.03 bits per heavy atom. The van der Waals surface area contributed by atoms with Crippen LogP contribution < -0.4 is 15.0 Å². The normalized spacial score (nSPS) is 15.7. The number of pyridine rings is 1. The lowest BCUT2D eigenvalue weighted by Crippen LogP contribution is -2.24. The van der Waals surface area contributed by atoms with Gasteiger partial charge in [-0.05, 0) is 66.8 Å². The number of hydrogen-bond acceptors (Lipinski definition) is 6. The molecule has 6 rings (SSSR count). The van der Waals surface area contributed by atoms with Crippen molar-refractivity contribution in [1.82, 2.24) is 14.8 Å². The molecule has 2 aromatic heterocycles. The van der Waals surface area contributed by atoms with Crippen LogP contribution in [0, 0.1) is 0 Å². The molecule has 200 valence electrons. The SMILES string of the molecule is O=C(O)C[C@@H](c1cccc(N2CCCC2=O)c1)n1ncc2cc(OCCc3ccc4c(n3)NCCC4)ccc21. The molecule has 0 saturated carbocycles. The number of amides is 1. The summed E-state index contributed by atoms with van der Waals surface area (Å²) in [4.78, 5) is 30.6. The van der Waals surface area contributed by atoms with Gasteiger partial charge in [-0.3, -0.25) is 14.3 Å². The van der Waals surface area contributed by atoms with Gasteiger partial charge in [0.05, 0.1) is 30.8 Å². The fourth-order valence-corrected chi connectivity index (χ4v) is 5.48. The molecule has 1 fully saturated rings. The van der Waals surface area contributed by atoms with Gasteiger partial charge in [-0.15, -0.1) is 0 Å². The number of carboxylic acids is 1. The van der Waals surface area contributed by atoms with Crippen molar-refractivity contribution in [2.24, 2.45) is 0 Å². The number of nitrogens with one attached hydrogen (secondary N) is 1. The first kappa shape index (κ1) is 24.9. The predicted molar refractivity (Wildman–Crippen MR) is 148 cm³/mol. The lowest BCUT2D eigenvalue weighted by molar-refractivity contribution is -0.137. The van der Waals surface area contributed by atoms with Crippen molar-refractivity contribution < 1.29 is 19.4 Å². The number of nitrogens with zero attached hydrogens (tertiary/aromatic N) is 4. The Morgan fingerprint density at radius 1 is 1.10 bits per heavy atom. The highest BCUT2D eigenvalue weighted by molar-refractivity contribution is 5.95. The molecule has 0 radical (unpaired) electrons. The molecule has 1 atom stereocenters. The zero-order valence-electron chi connectivity index (χ0n) is 21.7. The maximum absolute atomic E-state index is 12.3. The number of aromatic nitrogens is 3. The van der Waals surface area contributed by atoms with Gasteiger partial charge in [0, 0.05) is 42.7 Å². The second-order valence-electron chi connectivity index (χ2n) is 10.1. The Bertz CT molecular complexity index is 1530. The molecule has 0 unspecified atom stereocenters. The van der Waals surface area contributed by atoms with Crippen LogP contribution in [0.5, 0.6) is 5.75 Å². The molecule has 0 spiro atoms. The van der Waals surface area contributed by atoms with Crippen LogP contribution in [0.15, 0.2) is 60.8 Å². The second-order valence-corrected chi connectivity index (χ2v) is 10.1. The standard InChI is InChI=1S/C30H31N5O4/c36-28-7-3-14-34(28)24-6-1-4-21(16-24)27(18-29(37)38)35-26-11-10-25(17-22(26)19-32-35)39-15-12-23-9-8-20-5-2-13-31-30(20)33-23/h1,4,6,8-11,16-17,19,27H,2-3,5,7,12-15,18H2,(H,31,33)(H,37,38)/t27-/m0/s1. The van der Waals surface area contributed by atoms with Gasteiger partial charge in [-0.25, -0.2) is 4.98 Å². The number of carboxylic acid groups (broad SMARTS) is 1. The monoisotopic (exact) mass is 525 g/mol. The van der Waals surface area contributed by atoms with E-state index in [9.17, 15) is 14.7 Å². The van der Waals surface area contributed by atoms with E-state index in [-0.39, 0.29) is 12.3 Å². The molecule has 39 heavy (non-hydrogen) atoms. The Kier molecular flexibility index (Phi) is 6.87. The van der Waals surface area contributed by atoms with E-state index in [1.165, 1.54) is 5.56 Å². The van der Waals surface area contributed by atoms with Gasteiger partial charge in [-0.2, -0.15) is 5.10 Å². The third kappa shape index (κ3) is 5.30. The average molecular weight is 526 g/mol. The minimum atomic E-state index is -0.919. The van der Waals surface area contributed by atoms with Crippen molar-refractivity contribution in [1.29, 1.82) is 0 Å². The van der Waals surface area contributed by atoms with Crippen LogP contribution in [0.1, 0.15) is 48.5 Å². The number of rotatable bonds is 9. The van der Waals surface area contributed by atoms with Crippen molar-refractivity contribution in [2.45, 2.75) is 44.6 Å². The van der Waals surface area contributed by atoms with Gasteiger partial charge in [0.25, 0.3) is 0 Å². The molecule has 1 amide bonds. The molecular weight excluding hydrogens is 494 g/mol. The lowest BCUT2D eigenvalue weighted by Gasteiger charge is -2.21. The molecule has 9 heteroatoms. The largest absolute Gasteiger partial charge is 0.493 e. The quantitative estimate of drug-likeness (QED) is 0.329. The number of benzene rings is 2. The summed E-state index contributed by atoms with van der Waals surface area (Å²) in [6, 6.07) is 17.0. The highest BCUT2D eigenvalue weighted by Crippen LogP contribution is 2.31. The molecule has 9 nitrogen and oxygen atoms in total. The van der Waals surface area contributed by atoms with E-state index in [4.69, 9.17) is 9.72 Å². The number of anilines is 2. The van der Waals surface area contributed by atoms with E-state index in [0.29, 0.717) is 26.0 Å². The Balaban J connectivity index is 1.19. The van der Waals surface area contributed by atoms with Crippen molar-refractivity contribution in [2.75, 3.05) is 29.9 Å². The number of hydrogen-bond donors (Lipinski definition) is 2. The van der Waals surface area contributed by atoms with E-state index in [2.05, 4.69) is 22.5 Å². The third-order valence-corrected chi connectivity index (χ3v) is 7.45. The number of carbonyl (C=O) groups excluding carboxylic acids is 1. The van der Waals surface area contributed by atoms with Crippen LogP contribution in [0.3, 0.4) is 0 Å². The molecule has 2 N–H and O–H groups in total. The number of carbonyl (C=O) groups is 2. The van der Waals surface area contributed by atoms with E-state index < -0.39 is 12.0 Å². The highest BCUT2D eigenvalue weighted by Gasteiger charge is 2.25. The van der Waals surface area contributed by atoms with Gasteiger partial charge in [-0.1, -0.05) is 18.2 Å². The summed E-state index contributed by atoms with van der Waals surface area (Å²) < 4.78 is 7.79. The summed E-state index contributed by atoms with van der Waals surface area (Å²) in [5.74, 6) is 0.888. The fraction of sp³-hybridized carbons (Fsp3) is 0.333. The molecule has 2 aromatic carbocycles. The maximum atomic E-state index is 12.3. The highest BCUT2D eigenvalue weighted by atomic mass is 16.5. The number of ether oxygens (including phenoxy) is 1. The van der Waals surface area contributed by atoms with E-state index in [1.54, 1.807) is 15.8 Å². The zero-order valence-corrected chi connectivity index (χ0v) is 21.7. The van der Waals surface area contributed by atoms with Crippen LogP contribution >= 0.6 is 0 Å². The third-order valence-electron chi connectivity index (χ3n) is 7.45. The maximum Gasteiger partial charge on any atom is 0.305 e. The zero-order chi connectivity index (χ0) is 26.8. The Hall–Kier alpha value is -4.40. The van der Waals surface area contributed by atoms with Crippen molar-refractivity contribution in [3.8, 4) is 5.75 Å². The summed E-state index contributed by atoms with van der Waals surface area (Å²) in [7, 11) is 0. The summed E-state index contributed by atoms with van der Waals surface area (Å²) in [6.45, 7) is 2.14. The van der Waals surface area contributed by atoms with Crippen molar-refractivity contribution in [3.63, 3.8) is 0 Å². The molecule has 2 aliphatic rings. The van der Waals surface area contributed by atoms with E-state index >= 15 is 0 Å². The second kappa shape index (κ2) is 10.8. The smallest absolute Gasteiger partial charge is 0.305 e. The minimum absolute atomic E-state index is 0.0954. The number of fused-ring (bicyclic) bond motifs is 2. The molecule has 4 heterocycles. The first-order valence-electron chi connectivity index (χ1n) is 13.5. The molecule has 0 bridgehead atoms. The van der Waals surface area contributed by atoms with Crippen LogP contribution in [-0.4, -0.2) is 51.4 Å². The number of aliphatic carboxylic acids is 1. The minimum Gasteiger partial charge on any atom is -0.493 e. The number of aryl methyl sites for hydroxylation is 1. The lowest BCUT2D eigenvalue weighted by atomic mass is 10.0. The Morgan fingerprint density at radius 3 is 2.87 bits per heavy atom. The molecule has 4 aromatic rings. The van der Waals surface area contributed by atoms with Gasteiger partial charge < -0.3 is 20.1 Å². The fourth-order valence-electron chi connectivity index (χ4n) is 5.48. The molecule has 0 aliphatic carbocycles. The first-order chi connectivity index (χ1) is 19.0. The van der Waals surface area contributed by atoms with Gasteiger partial charge in [0.1, 0.15) is 11.6 Å². The van der Waals surface area contributed by atoms with Crippen molar-refractivity contribution in [3.05, 3.63) is 77.6 Å². The molecule has 1 saturated heterocycles. The van der Waals surface area contributed by atoms with Gasteiger partial charge >= 0.3 is 5.97 Å². The van der Waals surface area contributed by atoms with E-state index in [0.717, 1.165) is 65.2 Å². The molecular formula is C30H31N5O4. The summed E-state index contributed by atoms with van der Waals surface area (Å²) >= 11 is 0. The Labute approximate surface area is 226 Å². The van der Waals surface area contributed by atoms with Crippen molar-refractivity contribution >= 4 is 34.3 Å². The topological polar surface area (TPSA) is 110 Å². The molecule has 2 aliphatic heterocycles. The van der Waals surface area contributed by atoms with E-state index in [1.807, 2.05) is 42.5 Å². The van der Waals surface area contributed by atoms with Crippen LogP contribution in [-0.2, 0) is 22.4 Å². The first-order valence-corrected chi connectivity index (χ1v) is 13.5.